The number of carbonyl (C=O) groups excluding carboxylic acids is 1. The van der Waals surface area contributed by atoms with Gasteiger partial charge in [-0.3, -0.25) is 10.1 Å². The standard InChI is InChI=1S/C39H71N3O6/c1-3-31(32-16-7-4-8-17-32)30-35(33-18-9-5-10-19-33)42-48-29-12-6-11-27-46-36-20-13-21-37(34(36)23-24-39(44)45-2)47-28-14-22-38(43)41-26-15-25-40/h3,7,16,31-38,41-43H,1,4-6,8-15,17-30,40H2,2H3. The van der Waals surface area contributed by atoms with Crippen molar-refractivity contribution in [1.82, 2.24) is 10.8 Å². The Bertz CT molecular complexity index is 869. The lowest BCUT2D eigenvalue weighted by atomic mass is 9.76. The maximum absolute atomic E-state index is 12.0. The lowest BCUT2D eigenvalue weighted by Gasteiger charge is -2.38. The van der Waals surface area contributed by atoms with Crippen molar-refractivity contribution in [3.05, 3.63) is 24.8 Å². The van der Waals surface area contributed by atoms with Crippen molar-refractivity contribution in [2.45, 2.75) is 153 Å². The molecule has 0 aromatic rings. The van der Waals surface area contributed by atoms with Crippen LogP contribution >= 0.6 is 0 Å². The number of unbranched alkanes of at least 4 members (excludes halogenated alkanes) is 2. The second-order valence-corrected chi connectivity index (χ2v) is 14.5. The highest BCUT2D eigenvalue weighted by Gasteiger charge is 2.35. The van der Waals surface area contributed by atoms with E-state index in [2.05, 4.69) is 35.6 Å². The molecule has 9 heteroatoms. The van der Waals surface area contributed by atoms with E-state index in [9.17, 15) is 9.90 Å². The van der Waals surface area contributed by atoms with E-state index < -0.39 is 6.23 Å². The zero-order valence-electron chi connectivity index (χ0n) is 30.3. The average molecular weight is 678 g/mol. The molecule has 9 nitrogen and oxygen atoms in total. The van der Waals surface area contributed by atoms with Crippen LogP contribution in [0.2, 0.25) is 0 Å². The molecule has 0 bridgehead atoms. The average Bonchev–Trinajstić information content (AvgIpc) is 3.12. The monoisotopic (exact) mass is 678 g/mol. The van der Waals surface area contributed by atoms with E-state index in [1.165, 1.54) is 58.5 Å². The lowest BCUT2D eigenvalue weighted by Crippen LogP contribution is -2.40. The van der Waals surface area contributed by atoms with Gasteiger partial charge in [-0.2, -0.15) is 5.48 Å². The number of nitrogens with two attached hydrogens (primary N) is 1. The molecule has 0 aliphatic heterocycles. The minimum atomic E-state index is -0.536. The molecule has 3 rings (SSSR count). The number of aliphatic hydroxyl groups is 1. The number of aliphatic hydroxyl groups excluding tert-OH is 1. The molecule has 7 unspecified atom stereocenters. The van der Waals surface area contributed by atoms with Crippen LogP contribution in [0.25, 0.3) is 0 Å². The largest absolute Gasteiger partial charge is 0.469 e. The van der Waals surface area contributed by atoms with Crippen molar-refractivity contribution in [3.8, 4) is 0 Å². The van der Waals surface area contributed by atoms with E-state index in [-0.39, 0.29) is 24.1 Å². The predicted molar refractivity (Wildman–Crippen MR) is 193 cm³/mol. The minimum Gasteiger partial charge on any atom is -0.469 e. The van der Waals surface area contributed by atoms with Gasteiger partial charge in [-0.1, -0.05) is 37.5 Å². The molecule has 2 saturated carbocycles. The number of allylic oxidation sites excluding steroid dienone is 3. The molecule has 0 aromatic heterocycles. The fourth-order valence-electron chi connectivity index (χ4n) is 8.01. The predicted octanol–water partition coefficient (Wildman–Crippen LogP) is 6.74. The summed E-state index contributed by atoms with van der Waals surface area (Å²) in [7, 11) is 1.44. The highest BCUT2D eigenvalue weighted by Crippen LogP contribution is 2.35. The van der Waals surface area contributed by atoms with E-state index in [4.69, 9.17) is 24.8 Å². The molecular formula is C39H71N3O6. The summed E-state index contributed by atoms with van der Waals surface area (Å²) in [6, 6.07) is 0.387. The first-order chi connectivity index (χ1) is 23.5. The number of rotatable bonds is 26. The highest BCUT2D eigenvalue weighted by molar-refractivity contribution is 5.69. The van der Waals surface area contributed by atoms with Gasteiger partial charge in [0.15, 0.2) is 0 Å². The Balaban J connectivity index is 1.37. The molecule has 0 heterocycles. The number of hydrogen-bond acceptors (Lipinski definition) is 9. The minimum absolute atomic E-state index is 0.0576. The molecule has 48 heavy (non-hydrogen) atoms. The smallest absolute Gasteiger partial charge is 0.305 e. The number of carbonyl (C=O) groups is 1. The maximum Gasteiger partial charge on any atom is 0.305 e. The van der Waals surface area contributed by atoms with E-state index in [0.29, 0.717) is 69.4 Å². The van der Waals surface area contributed by atoms with Gasteiger partial charge in [-0.15, -0.1) is 6.58 Å². The molecular weight excluding hydrogens is 606 g/mol. The van der Waals surface area contributed by atoms with Crippen LogP contribution in [0.1, 0.15) is 128 Å². The molecule has 2 fully saturated rings. The quantitative estimate of drug-likeness (QED) is 0.0259. The third-order valence-corrected chi connectivity index (χ3v) is 10.9. The molecule has 7 atom stereocenters. The molecule has 0 aromatic carbocycles. The molecule has 3 aliphatic carbocycles. The number of hydrogen-bond donors (Lipinski definition) is 4. The van der Waals surface area contributed by atoms with Gasteiger partial charge in [0.25, 0.3) is 0 Å². The fraction of sp³-hybridized carbons (Fsp3) is 0.872. The number of ether oxygens (including phenoxy) is 3. The van der Waals surface area contributed by atoms with Crippen molar-refractivity contribution in [2.75, 3.05) is 40.0 Å². The maximum atomic E-state index is 12.0. The Morgan fingerprint density at radius 2 is 1.71 bits per heavy atom. The van der Waals surface area contributed by atoms with Gasteiger partial charge in [-0.25, -0.2) is 0 Å². The zero-order valence-corrected chi connectivity index (χ0v) is 30.3. The summed E-state index contributed by atoms with van der Waals surface area (Å²) in [5.41, 5.74) is 9.07. The summed E-state index contributed by atoms with van der Waals surface area (Å²) >= 11 is 0. The third kappa shape index (κ3) is 16.1. The Hall–Kier alpha value is -1.33. The molecule has 278 valence electrons. The van der Waals surface area contributed by atoms with E-state index in [0.717, 1.165) is 64.3 Å². The fourth-order valence-corrected chi connectivity index (χ4v) is 8.01. The first-order valence-corrected chi connectivity index (χ1v) is 19.6. The molecule has 0 saturated heterocycles. The van der Waals surface area contributed by atoms with Crippen LogP contribution in [0.15, 0.2) is 24.8 Å². The van der Waals surface area contributed by atoms with Crippen molar-refractivity contribution >= 4 is 5.97 Å². The van der Waals surface area contributed by atoms with Crippen molar-refractivity contribution in [2.24, 2.45) is 29.4 Å². The summed E-state index contributed by atoms with van der Waals surface area (Å²) in [4.78, 5) is 18.1. The second-order valence-electron chi connectivity index (χ2n) is 14.5. The number of esters is 1. The summed E-state index contributed by atoms with van der Waals surface area (Å²) in [5.74, 6) is 1.79. The summed E-state index contributed by atoms with van der Waals surface area (Å²) < 4.78 is 17.7. The second kappa shape index (κ2) is 25.6. The van der Waals surface area contributed by atoms with Gasteiger partial charge in [0.05, 0.1) is 25.9 Å². The number of methoxy groups -OCH3 is 1. The van der Waals surface area contributed by atoms with Gasteiger partial charge in [-0.05, 0) is 134 Å². The van der Waals surface area contributed by atoms with Crippen molar-refractivity contribution in [1.29, 1.82) is 0 Å². The highest BCUT2D eigenvalue weighted by atomic mass is 16.6. The third-order valence-electron chi connectivity index (χ3n) is 10.9. The Kier molecular flexibility index (Phi) is 21.9. The summed E-state index contributed by atoms with van der Waals surface area (Å²) in [6.45, 7) is 7.55. The van der Waals surface area contributed by atoms with Crippen molar-refractivity contribution < 1.29 is 28.9 Å². The van der Waals surface area contributed by atoms with Crippen LogP contribution in [-0.2, 0) is 23.8 Å². The van der Waals surface area contributed by atoms with Gasteiger partial charge in [0, 0.05) is 31.6 Å². The van der Waals surface area contributed by atoms with Crippen LogP contribution in [0.4, 0.5) is 0 Å². The lowest BCUT2D eigenvalue weighted by molar-refractivity contribution is -0.142. The first-order valence-electron chi connectivity index (χ1n) is 19.6. The SMILES string of the molecule is C=CC(CC(NOCCCCCOC1CCCC(OCCCC(O)NCCCN)C1CCC(=O)OC)C1CCCCC1)C1C=CCCC1. The Morgan fingerprint density at radius 3 is 2.40 bits per heavy atom. The first kappa shape index (κ1) is 41.1. The Labute approximate surface area is 292 Å². The van der Waals surface area contributed by atoms with Gasteiger partial charge >= 0.3 is 5.97 Å². The van der Waals surface area contributed by atoms with E-state index in [1.54, 1.807) is 0 Å². The molecule has 5 N–H and O–H groups in total. The zero-order chi connectivity index (χ0) is 34.2. The normalized spacial score (nSPS) is 25.4. The molecule has 3 aliphatic rings. The van der Waals surface area contributed by atoms with Gasteiger partial charge in [0.2, 0.25) is 0 Å². The van der Waals surface area contributed by atoms with Crippen LogP contribution in [0, 0.1) is 23.7 Å². The van der Waals surface area contributed by atoms with Crippen LogP contribution < -0.4 is 16.5 Å². The van der Waals surface area contributed by atoms with E-state index >= 15 is 0 Å². The van der Waals surface area contributed by atoms with Crippen LogP contribution in [-0.4, -0.2) is 75.6 Å². The van der Waals surface area contributed by atoms with E-state index in [1.807, 2.05) is 0 Å². The molecule has 0 spiro atoms. The van der Waals surface area contributed by atoms with Crippen LogP contribution in [0.3, 0.4) is 0 Å². The molecule has 0 radical (unpaired) electrons. The van der Waals surface area contributed by atoms with Crippen LogP contribution in [0.5, 0.6) is 0 Å². The van der Waals surface area contributed by atoms with Gasteiger partial charge in [0.1, 0.15) is 6.23 Å². The number of hydroxylamine groups is 1. The summed E-state index contributed by atoms with van der Waals surface area (Å²) in [5, 5.41) is 13.2. The van der Waals surface area contributed by atoms with Gasteiger partial charge < -0.3 is 29.9 Å². The van der Waals surface area contributed by atoms with Crippen molar-refractivity contribution in [3.63, 3.8) is 0 Å². The molecule has 0 amide bonds. The number of nitrogens with one attached hydrogen (secondary N) is 2. The summed E-state index contributed by atoms with van der Waals surface area (Å²) in [6.07, 6.45) is 27.5. The Morgan fingerprint density at radius 1 is 0.958 bits per heavy atom. The topological polar surface area (TPSA) is 124 Å².